The Bertz CT molecular complexity index is 1500. The van der Waals surface area contributed by atoms with Gasteiger partial charge in [-0.1, -0.05) is 36.4 Å². The van der Waals surface area contributed by atoms with Crippen molar-refractivity contribution in [2.24, 2.45) is 4.99 Å². The topological polar surface area (TPSA) is 159 Å². The molecule has 0 aliphatic rings. The molecule has 12 heteroatoms. The molecule has 0 spiro atoms. The Hall–Kier alpha value is -5.48. The van der Waals surface area contributed by atoms with Crippen LogP contribution < -0.4 is 20.1 Å². The number of hydrogen-bond donors (Lipinski definition) is 2. The number of esters is 1. The number of ether oxygens (including phenoxy) is 4. The van der Waals surface area contributed by atoms with Crippen LogP contribution in [0.2, 0.25) is 0 Å². The number of carbonyl (C=O) groups excluding carboxylic acids is 5. The Morgan fingerprint density at radius 2 is 1.24 bits per heavy atom. The number of methoxy groups -OCH3 is 1. The van der Waals surface area contributed by atoms with Gasteiger partial charge in [-0.2, -0.15) is 9.59 Å². The van der Waals surface area contributed by atoms with Gasteiger partial charge in [0.1, 0.15) is 11.2 Å². The molecule has 3 rings (SSSR count). The molecule has 2 N–H and O–H groups in total. The first-order valence-corrected chi connectivity index (χ1v) is 14.2. The summed E-state index contributed by atoms with van der Waals surface area (Å²) in [5.41, 5.74) is 1.34. The Kier molecular flexibility index (Phi) is 13.7. The number of guanidine groups is 1. The van der Waals surface area contributed by atoms with Gasteiger partial charge in [0.2, 0.25) is 5.96 Å². The predicted molar refractivity (Wildman–Crippen MR) is 169 cm³/mol. The van der Waals surface area contributed by atoms with Crippen LogP contribution in [-0.2, 0) is 31.9 Å². The largest absolute Gasteiger partial charge is 0.493 e. The lowest BCUT2D eigenvalue weighted by molar-refractivity contribution is -0.191. The average Bonchev–Trinajstić information content (AvgIpc) is 2.96. The van der Waals surface area contributed by atoms with E-state index in [4.69, 9.17) is 28.5 Å². The summed E-state index contributed by atoms with van der Waals surface area (Å²) < 4.78 is 21.6. The van der Waals surface area contributed by atoms with Gasteiger partial charge < -0.3 is 18.9 Å². The van der Waals surface area contributed by atoms with Gasteiger partial charge in [-0.25, -0.2) is 19.4 Å². The fourth-order valence-corrected chi connectivity index (χ4v) is 3.73. The molecule has 3 aromatic carbocycles. The lowest BCUT2D eigenvalue weighted by Crippen LogP contribution is -2.47. The number of nitrogens with one attached hydrogen (secondary N) is 2. The zero-order chi connectivity index (χ0) is 34.3. The second kappa shape index (κ2) is 17.1. The van der Waals surface area contributed by atoms with Crippen molar-refractivity contribution in [3.05, 3.63) is 89.5 Å². The zero-order valence-electron chi connectivity index (χ0n) is 27.0. The minimum absolute atomic E-state index is 0.212. The first-order chi connectivity index (χ1) is 21.6. The molecule has 0 heterocycles. The molecule has 0 saturated heterocycles. The van der Waals surface area contributed by atoms with Crippen LogP contribution in [0.5, 0.6) is 11.5 Å². The Morgan fingerprint density at radius 3 is 1.74 bits per heavy atom. The molecule has 0 radical (unpaired) electrons. The molecule has 12 nitrogen and oxygen atoms in total. The van der Waals surface area contributed by atoms with Crippen LogP contribution >= 0.6 is 0 Å². The van der Waals surface area contributed by atoms with Crippen LogP contribution in [0.25, 0.3) is 0 Å². The van der Waals surface area contributed by atoms with Gasteiger partial charge in [0.05, 0.1) is 18.4 Å². The fraction of sp³-hybridized carbons (Fsp3) is 0.324. The van der Waals surface area contributed by atoms with E-state index in [2.05, 4.69) is 27.8 Å². The lowest BCUT2D eigenvalue weighted by atomic mass is 10.0. The molecule has 3 aromatic rings. The summed E-state index contributed by atoms with van der Waals surface area (Å²) in [6.07, 6.45) is 0.301. The minimum Gasteiger partial charge on any atom is -0.493 e. The second-order valence-electron chi connectivity index (χ2n) is 11.7. The van der Waals surface area contributed by atoms with Crippen LogP contribution in [0.4, 0.5) is 15.3 Å². The number of carbonyl (C=O) groups is 3. The van der Waals surface area contributed by atoms with Crippen LogP contribution in [0.3, 0.4) is 0 Å². The predicted octanol–water partition coefficient (Wildman–Crippen LogP) is 6.15. The smallest absolute Gasteiger partial charge is 0.414 e. The van der Waals surface area contributed by atoms with Crippen molar-refractivity contribution in [1.82, 2.24) is 10.6 Å². The molecule has 0 saturated carbocycles. The normalized spacial score (nSPS) is 10.6. The highest BCUT2D eigenvalue weighted by molar-refractivity contribution is 6.02. The molecule has 0 atom stereocenters. The summed E-state index contributed by atoms with van der Waals surface area (Å²) in [6, 6.07) is 21.8. The van der Waals surface area contributed by atoms with Crippen molar-refractivity contribution >= 4 is 36.0 Å². The lowest BCUT2D eigenvalue weighted by Gasteiger charge is -2.22. The second-order valence-corrected chi connectivity index (χ2v) is 11.7. The molecule has 0 aromatic heterocycles. The number of aliphatic imine (C=N–C) groups is 1. The number of rotatable bonds is 7. The first-order valence-electron chi connectivity index (χ1n) is 14.2. The van der Waals surface area contributed by atoms with Gasteiger partial charge in [0.25, 0.3) is 0 Å². The van der Waals surface area contributed by atoms with E-state index in [1.54, 1.807) is 47.6 Å². The fourth-order valence-electron chi connectivity index (χ4n) is 3.73. The minimum atomic E-state index is -0.817. The summed E-state index contributed by atoms with van der Waals surface area (Å²) >= 11 is 0. The third-order valence-electron chi connectivity index (χ3n) is 5.56. The van der Waals surface area contributed by atoms with E-state index in [1.807, 2.05) is 30.3 Å². The molecule has 0 aliphatic carbocycles. The summed E-state index contributed by atoms with van der Waals surface area (Å²) in [6.45, 7) is 10.2. The molecule has 46 heavy (non-hydrogen) atoms. The van der Waals surface area contributed by atoms with Crippen molar-refractivity contribution in [1.29, 1.82) is 0 Å². The van der Waals surface area contributed by atoms with Crippen LogP contribution in [0, 0.1) is 0 Å². The van der Waals surface area contributed by atoms with Gasteiger partial charge in [0, 0.05) is 0 Å². The van der Waals surface area contributed by atoms with Gasteiger partial charge in [-0.05, 0) is 102 Å². The van der Waals surface area contributed by atoms with Crippen molar-refractivity contribution < 1.29 is 42.9 Å². The maximum absolute atomic E-state index is 12.9. The van der Waals surface area contributed by atoms with Crippen molar-refractivity contribution in [2.75, 3.05) is 7.11 Å². The van der Waals surface area contributed by atoms with Gasteiger partial charge in [-0.15, -0.1) is 0 Å². The Balaban J connectivity index is 0.00000236. The summed E-state index contributed by atoms with van der Waals surface area (Å²) in [4.78, 5) is 58.1. The van der Waals surface area contributed by atoms with Crippen molar-refractivity contribution in [3.8, 4) is 11.5 Å². The van der Waals surface area contributed by atoms with E-state index in [9.17, 15) is 14.4 Å². The third kappa shape index (κ3) is 13.9. The standard InChI is InChI=1S/C33H39N3O7.CO2/c1-32(2,3)42-30(38)35-29(36-31(39)43-33(4,5)6)34-25-18-16-24(17-19-25)28(37)41-26-20-15-23(21-27(26)40-7)14-13-22-11-9-8-10-12-22;2-1-3/h8-12,15-21H,13-14H2,1-7H3,(H2,34,35,36,38,39);. The molecule has 0 aliphatic heterocycles. The molecular formula is C34H39N3O9. The number of benzene rings is 3. The monoisotopic (exact) mass is 633 g/mol. The van der Waals surface area contributed by atoms with E-state index in [0.29, 0.717) is 17.2 Å². The molecule has 0 unspecified atom stereocenters. The average molecular weight is 634 g/mol. The van der Waals surface area contributed by atoms with Crippen LogP contribution in [0.15, 0.2) is 77.8 Å². The Labute approximate surface area is 268 Å². The maximum Gasteiger partial charge on any atom is 0.414 e. The molecule has 244 valence electrons. The highest BCUT2D eigenvalue weighted by Crippen LogP contribution is 2.29. The maximum atomic E-state index is 12.9. The molecule has 0 fully saturated rings. The summed E-state index contributed by atoms with van der Waals surface area (Å²) in [5.74, 6) is -0.0598. The number of amides is 2. The first kappa shape index (κ1) is 36.7. The van der Waals surface area contributed by atoms with E-state index in [-0.39, 0.29) is 17.7 Å². The van der Waals surface area contributed by atoms with Gasteiger partial charge in [0.15, 0.2) is 11.5 Å². The van der Waals surface area contributed by atoms with Crippen LogP contribution in [0.1, 0.15) is 63.0 Å². The van der Waals surface area contributed by atoms with E-state index >= 15 is 0 Å². The van der Waals surface area contributed by atoms with Gasteiger partial charge >= 0.3 is 24.3 Å². The van der Waals surface area contributed by atoms with Crippen LogP contribution in [-0.4, -0.2) is 48.6 Å². The molecule has 2 amide bonds. The Morgan fingerprint density at radius 1 is 0.717 bits per heavy atom. The summed E-state index contributed by atoms with van der Waals surface area (Å²) in [5, 5.41) is 4.83. The number of alkyl carbamates (subject to hydrolysis) is 2. The third-order valence-corrected chi connectivity index (χ3v) is 5.56. The van der Waals surface area contributed by atoms with Gasteiger partial charge in [-0.3, -0.25) is 10.6 Å². The summed E-state index contributed by atoms with van der Waals surface area (Å²) in [7, 11) is 1.52. The zero-order valence-corrected chi connectivity index (χ0v) is 27.0. The SMILES string of the molecule is COc1cc(CCc2ccccc2)ccc1OC(=O)c1ccc(N=C(NC(=O)OC(C)(C)C)NC(=O)OC(C)(C)C)cc1.O=C=O. The molecule has 0 bridgehead atoms. The highest BCUT2D eigenvalue weighted by atomic mass is 16.6. The van der Waals surface area contributed by atoms with Crippen molar-refractivity contribution in [2.45, 2.75) is 65.6 Å². The number of nitrogens with zero attached hydrogens (tertiary/aromatic N) is 1. The van der Waals surface area contributed by atoms with E-state index in [1.165, 1.54) is 36.9 Å². The van der Waals surface area contributed by atoms with E-state index < -0.39 is 29.4 Å². The highest BCUT2D eigenvalue weighted by Gasteiger charge is 2.21. The van der Waals surface area contributed by atoms with E-state index in [0.717, 1.165) is 18.4 Å². The number of aryl methyl sites for hydroxylation is 2. The number of hydrogen-bond acceptors (Lipinski definition) is 10. The van der Waals surface area contributed by atoms with Crippen molar-refractivity contribution in [3.63, 3.8) is 0 Å². The quantitative estimate of drug-likeness (QED) is 0.135. The molecular weight excluding hydrogens is 594 g/mol.